The van der Waals surface area contributed by atoms with Crippen LogP contribution in [0.5, 0.6) is 0 Å². The summed E-state index contributed by atoms with van der Waals surface area (Å²) in [6, 6.07) is 6.52. The maximum atomic E-state index is 12.0. The number of carbonyl (C=O) groups excluding carboxylic acids is 1. The Bertz CT molecular complexity index is 857. The first kappa shape index (κ1) is 17.8. The van der Waals surface area contributed by atoms with Crippen molar-refractivity contribution in [1.82, 2.24) is 20.3 Å². The van der Waals surface area contributed by atoms with Gasteiger partial charge in [0.1, 0.15) is 0 Å². The molecule has 0 saturated heterocycles. The predicted octanol–water partition coefficient (Wildman–Crippen LogP) is 1.36. The van der Waals surface area contributed by atoms with E-state index in [1.807, 2.05) is 0 Å². The molecule has 2 N–H and O–H groups in total. The number of nitrogens with zero attached hydrogens (tertiary/aromatic N) is 3. The number of carbonyl (C=O) groups is 1. The van der Waals surface area contributed by atoms with Crippen LogP contribution in [0, 0.1) is 6.33 Å². The standard InChI is InChI=1S/C14H13ClN5O3S/c1-2-24(22,23)7-6-16-12(21)10-4-3-5-11(8-10)19-14-18-9-17-13(15)20-14/h2-5,8H,1,6-7H2,(H,16,21)(H,17,18,19,20). The van der Waals surface area contributed by atoms with Crippen LogP contribution < -0.4 is 10.6 Å². The van der Waals surface area contributed by atoms with Gasteiger partial charge in [-0.25, -0.2) is 8.42 Å². The molecule has 24 heavy (non-hydrogen) atoms. The minimum absolute atomic E-state index is 0.00942. The Balaban J connectivity index is 2.01. The zero-order chi connectivity index (χ0) is 17.6. The molecule has 0 bridgehead atoms. The van der Waals surface area contributed by atoms with Crippen molar-refractivity contribution in [1.29, 1.82) is 0 Å². The molecule has 8 nitrogen and oxygen atoms in total. The quantitative estimate of drug-likeness (QED) is 0.760. The predicted molar refractivity (Wildman–Crippen MR) is 89.7 cm³/mol. The van der Waals surface area contributed by atoms with Crippen molar-refractivity contribution in [3.8, 4) is 0 Å². The minimum Gasteiger partial charge on any atom is -0.351 e. The second-order valence-electron chi connectivity index (χ2n) is 4.52. The van der Waals surface area contributed by atoms with Gasteiger partial charge >= 0.3 is 0 Å². The molecule has 1 radical (unpaired) electrons. The van der Waals surface area contributed by atoms with Gasteiger partial charge in [0, 0.05) is 23.2 Å². The van der Waals surface area contributed by atoms with Gasteiger partial charge in [0.2, 0.25) is 17.6 Å². The molecule has 0 aliphatic heterocycles. The van der Waals surface area contributed by atoms with Gasteiger partial charge in [-0.2, -0.15) is 15.0 Å². The van der Waals surface area contributed by atoms with Crippen LogP contribution in [0.25, 0.3) is 0 Å². The van der Waals surface area contributed by atoms with Crippen LogP contribution in [0.15, 0.2) is 36.3 Å². The van der Waals surface area contributed by atoms with Crippen LogP contribution in [-0.2, 0) is 9.84 Å². The largest absolute Gasteiger partial charge is 0.351 e. The van der Waals surface area contributed by atoms with E-state index in [0.717, 1.165) is 5.41 Å². The lowest BCUT2D eigenvalue weighted by Gasteiger charge is -2.08. The molecule has 0 atom stereocenters. The summed E-state index contributed by atoms with van der Waals surface area (Å²) in [4.78, 5) is 23.2. The number of amides is 1. The lowest BCUT2D eigenvalue weighted by atomic mass is 10.2. The Labute approximate surface area is 143 Å². The molecule has 0 spiro atoms. The van der Waals surface area contributed by atoms with Crippen LogP contribution in [0.2, 0.25) is 5.28 Å². The number of halogens is 1. The van der Waals surface area contributed by atoms with E-state index < -0.39 is 15.7 Å². The van der Waals surface area contributed by atoms with Gasteiger partial charge in [0.15, 0.2) is 9.84 Å². The van der Waals surface area contributed by atoms with Gasteiger partial charge in [0.05, 0.1) is 5.75 Å². The van der Waals surface area contributed by atoms with Crippen LogP contribution in [0.1, 0.15) is 10.4 Å². The Kier molecular flexibility index (Phi) is 5.83. The molecule has 10 heteroatoms. The minimum atomic E-state index is -3.35. The maximum absolute atomic E-state index is 12.0. The van der Waals surface area contributed by atoms with Gasteiger partial charge in [-0.1, -0.05) is 12.6 Å². The third-order valence-corrected chi connectivity index (χ3v) is 4.25. The summed E-state index contributed by atoms with van der Waals surface area (Å²) in [5.41, 5.74) is 0.900. The number of benzene rings is 1. The summed E-state index contributed by atoms with van der Waals surface area (Å²) in [6.45, 7) is 3.20. The van der Waals surface area contributed by atoms with Crippen molar-refractivity contribution in [2.24, 2.45) is 0 Å². The molecule has 0 aliphatic carbocycles. The molecule has 0 fully saturated rings. The van der Waals surface area contributed by atoms with Crippen LogP contribution in [0.4, 0.5) is 11.6 Å². The fourth-order valence-corrected chi connectivity index (χ4v) is 2.34. The Morgan fingerprint density at radius 3 is 2.88 bits per heavy atom. The van der Waals surface area contributed by atoms with E-state index in [9.17, 15) is 13.2 Å². The number of aromatic nitrogens is 3. The van der Waals surface area contributed by atoms with Crippen molar-refractivity contribution in [2.75, 3.05) is 17.6 Å². The van der Waals surface area contributed by atoms with Crippen LogP contribution in [0.3, 0.4) is 0 Å². The molecule has 2 rings (SSSR count). The normalized spacial score (nSPS) is 10.9. The van der Waals surface area contributed by atoms with Gasteiger partial charge in [-0.3, -0.25) is 4.79 Å². The average molecular weight is 367 g/mol. The van der Waals surface area contributed by atoms with Gasteiger partial charge in [0.25, 0.3) is 5.91 Å². The van der Waals surface area contributed by atoms with Crippen molar-refractivity contribution in [3.05, 3.63) is 53.4 Å². The van der Waals surface area contributed by atoms with E-state index in [0.29, 0.717) is 11.3 Å². The van der Waals surface area contributed by atoms with Crippen LogP contribution in [-0.4, -0.2) is 41.6 Å². The lowest BCUT2D eigenvalue weighted by molar-refractivity contribution is 0.0956. The van der Waals surface area contributed by atoms with E-state index in [1.54, 1.807) is 24.3 Å². The van der Waals surface area contributed by atoms with E-state index in [1.165, 1.54) is 0 Å². The third kappa shape index (κ3) is 5.28. The SMILES string of the molecule is C=CS(=O)(=O)CCNC(=O)c1cccc(Nc2n[c]nc(Cl)n2)c1. The molecule has 0 saturated carbocycles. The van der Waals surface area contributed by atoms with E-state index >= 15 is 0 Å². The molecule has 0 aliphatic rings. The second kappa shape index (κ2) is 7.84. The highest BCUT2D eigenvalue weighted by Crippen LogP contribution is 2.15. The molecule has 0 unspecified atom stereocenters. The first-order chi connectivity index (χ1) is 11.4. The number of hydrogen-bond donors (Lipinski definition) is 2. The zero-order valence-corrected chi connectivity index (χ0v) is 13.9. The highest BCUT2D eigenvalue weighted by molar-refractivity contribution is 7.94. The molecular formula is C14H13ClN5O3S. The van der Waals surface area contributed by atoms with Crippen molar-refractivity contribution in [3.63, 3.8) is 0 Å². The molecule has 125 valence electrons. The van der Waals surface area contributed by atoms with Gasteiger partial charge in [-0.15, -0.1) is 0 Å². The first-order valence-corrected chi connectivity index (χ1v) is 8.77. The Morgan fingerprint density at radius 1 is 1.38 bits per heavy atom. The van der Waals surface area contributed by atoms with Crippen molar-refractivity contribution < 1.29 is 13.2 Å². The molecule has 1 aromatic carbocycles. The molecule has 1 amide bonds. The van der Waals surface area contributed by atoms with Gasteiger partial charge < -0.3 is 10.6 Å². The molecular weight excluding hydrogens is 354 g/mol. The lowest BCUT2D eigenvalue weighted by Crippen LogP contribution is -2.28. The van der Waals surface area contributed by atoms with Gasteiger partial charge in [-0.05, 0) is 29.8 Å². The first-order valence-electron chi connectivity index (χ1n) is 6.68. The Morgan fingerprint density at radius 2 is 2.17 bits per heavy atom. The number of hydrogen-bond acceptors (Lipinski definition) is 7. The summed E-state index contributed by atoms with van der Waals surface area (Å²) in [6.07, 6.45) is 2.33. The number of anilines is 2. The maximum Gasteiger partial charge on any atom is 0.251 e. The average Bonchev–Trinajstić information content (AvgIpc) is 2.55. The van der Waals surface area contributed by atoms with E-state index in [2.05, 4.69) is 38.5 Å². The van der Waals surface area contributed by atoms with E-state index in [-0.39, 0.29) is 23.5 Å². The molecule has 1 aromatic heterocycles. The van der Waals surface area contributed by atoms with Crippen molar-refractivity contribution >= 4 is 39.0 Å². The topological polar surface area (TPSA) is 114 Å². The summed E-state index contributed by atoms with van der Waals surface area (Å²) >= 11 is 5.65. The summed E-state index contributed by atoms with van der Waals surface area (Å²) in [5, 5.41) is 6.24. The zero-order valence-electron chi connectivity index (χ0n) is 12.4. The summed E-state index contributed by atoms with van der Waals surface area (Å²) in [5.74, 6) is -0.429. The molecule has 1 heterocycles. The van der Waals surface area contributed by atoms with E-state index in [4.69, 9.17) is 11.6 Å². The smallest absolute Gasteiger partial charge is 0.251 e. The third-order valence-electron chi connectivity index (χ3n) is 2.80. The fourth-order valence-electron chi connectivity index (χ4n) is 1.67. The summed E-state index contributed by atoms with van der Waals surface area (Å²) in [7, 11) is -3.35. The molecule has 2 aromatic rings. The van der Waals surface area contributed by atoms with Crippen molar-refractivity contribution in [2.45, 2.75) is 0 Å². The highest BCUT2D eigenvalue weighted by atomic mass is 35.5. The monoisotopic (exact) mass is 366 g/mol. The number of sulfone groups is 1. The fraction of sp³-hybridized carbons (Fsp3) is 0.143. The Hall–Kier alpha value is -2.52. The summed E-state index contributed by atoms with van der Waals surface area (Å²) < 4.78 is 22.6. The second-order valence-corrected chi connectivity index (χ2v) is 6.93. The van der Waals surface area contributed by atoms with Crippen LogP contribution >= 0.6 is 11.6 Å². The highest BCUT2D eigenvalue weighted by Gasteiger charge is 2.09. The number of nitrogens with one attached hydrogen (secondary N) is 2. The number of rotatable bonds is 7.